The summed E-state index contributed by atoms with van der Waals surface area (Å²) in [4.78, 5) is 12.2. The van der Waals surface area contributed by atoms with Crippen LogP contribution in [-0.2, 0) is 13.5 Å². The fourth-order valence-corrected chi connectivity index (χ4v) is 1.86. The summed E-state index contributed by atoms with van der Waals surface area (Å²) >= 11 is 0. The van der Waals surface area contributed by atoms with Gasteiger partial charge in [-0.15, -0.1) is 0 Å². The smallest absolute Gasteiger partial charge is 0.261 e. The Morgan fingerprint density at radius 1 is 1.50 bits per heavy atom. The van der Waals surface area contributed by atoms with Crippen molar-refractivity contribution in [2.24, 2.45) is 7.05 Å². The zero-order valence-corrected chi connectivity index (χ0v) is 10.9. The molecule has 2 aromatic rings. The third-order valence-corrected chi connectivity index (χ3v) is 2.76. The molecule has 0 aliphatic rings. The van der Waals surface area contributed by atoms with E-state index in [0.717, 1.165) is 5.69 Å². The first-order valence-corrected chi connectivity index (χ1v) is 5.79. The second-order valence-electron chi connectivity index (χ2n) is 4.17. The molecule has 2 rings (SSSR count). The first-order chi connectivity index (χ1) is 8.52. The highest BCUT2D eigenvalue weighted by Crippen LogP contribution is 2.18. The lowest BCUT2D eigenvalue weighted by Crippen LogP contribution is -2.14. The molecule has 1 N–H and O–H groups in total. The van der Waals surface area contributed by atoms with Gasteiger partial charge >= 0.3 is 0 Å². The third kappa shape index (κ3) is 2.13. The van der Waals surface area contributed by atoms with E-state index in [2.05, 4.69) is 15.6 Å². The summed E-state index contributed by atoms with van der Waals surface area (Å²) in [5.74, 6) is 0.326. The topological polar surface area (TPSA) is 73.0 Å². The molecule has 0 aliphatic carbocycles. The van der Waals surface area contributed by atoms with Gasteiger partial charge in [0, 0.05) is 13.2 Å². The van der Waals surface area contributed by atoms with Crippen LogP contribution in [0.25, 0.3) is 0 Å². The maximum absolute atomic E-state index is 12.2. The third-order valence-electron chi connectivity index (χ3n) is 2.76. The second-order valence-corrected chi connectivity index (χ2v) is 4.17. The molecule has 6 nitrogen and oxygen atoms in total. The molecular formula is C12H16N4O2. The van der Waals surface area contributed by atoms with Crippen LogP contribution in [0, 0.1) is 13.8 Å². The van der Waals surface area contributed by atoms with Crippen LogP contribution in [0.4, 0.5) is 5.69 Å². The maximum Gasteiger partial charge on any atom is 0.261 e. The van der Waals surface area contributed by atoms with Crippen LogP contribution < -0.4 is 5.32 Å². The van der Waals surface area contributed by atoms with Crippen molar-refractivity contribution in [1.29, 1.82) is 0 Å². The first kappa shape index (κ1) is 12.3. The SMILES string of the molecule is CCc1noc(C)c1C(=O)Nc1cn(C)nc1C. The molecule has 2 heterocycles. The van der Waals surface area contributed by atoms with E-state index in [0.29, 0.717) is 29.1 Å². The number of anilines is 1. The molecular weight excluding hydrogens is 232 g/mol. The average Bonchev–Trinajstić information content (AvgIpc) is 2.82. The molecule has 1 amide bonds. The molecule has 0 spiro atoms. The Labute approximate surface area is 105 Å². The number of carbonyl (C=O) groups excluding carboxylic acids is 1. The lowest BCUT2D eigenvalue weighted by molar-refractivity contribution is 0.102. The molecule has 2 aromatic heterocycles. The number of aryl methyl sites for hydroxylation is 4. The molecule has 18 heavy (non-hydrogen) atoms. The second kappa shape index (κ2) is 4.64. The van der Waals surface area contributed by atoms with Crippen molar-refractivity contribution in [3.05, 3.63) is 28.9 Å². The molecule has 0 saturated heterocycles. The van der Waals surface area contributed by atoms with E-state index in [-0.39, 0.29) is 5.91 Å². The monoisotopic (exact) mass is 248 g/mol. The highest BCUT2D eigenvalue weighted by Gasteiger charge is 2.20. The molecule has 6 heteroatoms. The highest BCUT2D eigenvalue weighted by molar-refractivity contribution is 6.05. The van der Waals surface area contributed by atoms with Gasteiger partial charge in [-0.3, -0.25) is 9.48 Å². The van der Waals surface area contributed by atoms with Crippen LogP contribution in [-0.4, -0.2) is 20.8 Å². The van der Waals surface area contributed by atoms with E-state index in [1.54, 1.807) is 17.8 Å². The summed E-state index contributed by atoms with van der Waals surface area (Å²) < 4.78 is 6.71. The molecule has 0 aliphatic heterocycles. The number of carbonyl (C=O) groups is 1. The normalized spacial score (nSPS) is 10.7. The largest absolute Gasteiger partial charge is 0.361 e. The van der Waals surface area contributed by atoms with Gasteiger partial charge in [-0.25, -0.2) is 0 Å². The fraction of sp³-hybridized carbons (Fsp3) is 0.417. The number of hydrogen-bond donors (Lipinski definition) is 1. The van der Waals surface area contributed by atoms with Crippen LogP contribution in [0.2, 0.25) is 0 Å². The lowest BCUT2D eigenvalue weighted by atomic mass is 10.1. The number of hydrogen-bond acceptors (Lipinski definition) is 4. The van der Waals surface area contributed by atoms with Crippen molar-refractivity contribution < 1.29 is 9.32 Å². The van der Waals surface area contributed by atoms with Gasteiger partial charge in [0.1, 0.15) is 11.3 Å². The van der Waals surface area contributed by atoms with Gasteiger partial charge in [0.2, 0.25) is 0 Å². The Morgan fingerprint density at radius 3 is 2.78 bits per heavy atom. The number of amides is 1. The van der Waals surface area contributed by atoms with Crippen molar-refractivity contribution in [1.82, 2.24) is 14.9 Å². The highest BCUT2D eigenvalue weighted by atomic mass is 16.5. The standard InChI is InChI=1S/C12H16N4O2/c1-5-9-11(8(3)18-15-9)12(17)13-10-6-16(4)14-7(10)2/h6H,5H2,1-4H3,(H,13,17). The van der Waals surface area contributed by atoms with Gasteiger partial charge in [0.05, 0.1) is 17.1 Å². The Hall–Kier alpha value is -2.11. The number of nitrogens with zero attached hydrogens (tertiary/aromatic N) is 3. The molecule has 0 atom stereocenters. The molecule has 96 valence electrons. The fourth-order valence-electron chi connectivity index (χ4n) is 1.86. The summed E-state index contributed by atoms with van der Waals surface area (Å²) in [7, 11) is 1.81. The predicted octanol–water partition coefficient (Wildman–Crippen LogP) is 1.84. The quantitative estimate of drug-likeness (QED) is 0.899. The van der Waals surface area contributed by atoms with Crippen molar-refractivity contribution in [3.63, 3.8) is 0 Å². The zero-order chi connectivity index (χ0) is 13.3. The van der Waals surface area contributed by atoms with Gasteiger partial charge < -0.3 is 9.84 Å². The van der Waals surface area contributed by atoms with Crippen molar-refractivity contribution in [2.45, 2.75) is 27.2 Å². The summed E-state index contributed by atoms with van der Waals surface area (Å²) in [6.45, 7) is 5.51. The van der Waals surface area contributed by atoms with Crippen LogP contribution >= 0.6 is 0 Å². The van der Waals surface area contributed by atoms with Gasteiger partial charge in [-0.1, -0.05) is 12.1 Å². The van der Waals surface area contributed by atoms with E-state index < -0.39 is 0 Å². The van der Waals surface area contributed by atoms with E-state index in [1.807, 2.05) is 20.9 Å². The number of rotatable bonds is 3. The van der Waals surface area contributed by atoms with Crippen LogP contribution in [0.3, 0.4) is 0 Å². The Kier molecular flexibility index (Phi) is 3.18. The Bertz CT molecular complexity index is 583. The van der Waals surface area contributed by atoms with E-state index in [4.69, 9.17) is 4.52 Å². The summed E-state index contributed by atoms with van der Waals surface area (Å²) in [6, 6.07) is 0. The summed E-state index contributed by atoms with van der Waals surface area (Å²) in [5, 5.41) is 10.9. The molecule has 0 unspecified atom stereocenters. The molecule has 0 aromatic carbocycles. The van der Waals surface area contributed by atoms with Gasteiger partial charge in [0.15, 0.2) is 0 Å². The first-order valence-electron chi connectivity index (χ1n) is 5.79. The van der Waals surface area contributed by atoms with E-state index in [9.17, 15) is 4.79 Å². The minimum atomic E-state index is -0.207. The summed E-state index contributed by atoms with van der Waals surface area (Å²) in [5.41, 5.74) is 2.66. The molecule has 0 bridgehead atoms. The lowest BCUT2D eigenvalue weighted by Gasteiger charge is -2.03. The molecule has 0 saturated carbocycles. The van der Waals surface area contributed by atoms with Crippen LogP contribution in [0.15, 0.2) is 10.7 Å². The van der Waals surface area contributed by atoms with Gasteiger partial charge in [-0.05, 0) is 20.3 Å². The average molecular weight is 248 g/mol. The minimum absolute atomic E-state index is 0.207. The minimum Gasteiger partial charge on any atom is -0.361 e. The van der Waals surface area contributed by atoms with Crippen molar-refractivity contribution >= 4 is 11.6 Å². The van der Waals surface area contributed by atoms with Crippen molar-refractivity contribution in [2.75, 3.05) is 5.32 Å². The van der Waals surface area contributed by atoms with E-state index in [1.165, 1.54) is 0 Å². The van der Waals surface area contributed by atoms with Crippen LogP contribution in [0.1, 0.15) is 34.4 Å². The number of aromatic nitrogens is 3. The molecule has 0 radical (unpaired) electrons. The summed E-state index contributed by atoms with van der Waals surface area (Å²) in [6.07, 6.45) is 2.42. The predicted molar refractivity (Wildman–Crippen MR) is 66.5 cm³/mol. The number of nitrogens with one attached hydrogen (secondary N) is 1. The maximum atomic E-state index is 12.2. The van der Waals surface area contributed by atoms with E-state index >= 15 is 0 Å². The van der Waals surface area contributed by atoms with Crippen LogP contribution in [0.5, 0.6) is 0 Å². The van der Waals surface area contributed by atoms with Crippen molar-refractivity contribution in [3.8, 4) is 0 Å². The Balaban J connectivity index is 2.27. The molecule has 0 fully saturated rings. The van der Waals surface area contributed by atoms with Gasteiger partial charge in [-0.2, -0.15) is 5.10 Å². The Morgan fingerprint density at radius 2 is 2.22 bits per heavy atom. The zero-order valence-electron chi connectivity index (χ0n) is 10.9. The van der Waals surface area contributed by atoms with Gasteiger partial charge in [0.25, 0.3) is 5.91 Å².